The molecule has 21 heavy (non-hydrogen) atoms. The van der Waals surface area contributed by atoms with E-state index < -0.39 is 11.7 Å². The first kappa shape index (κ1) is 15.5. The van der Waals surface area contributed by atoms with Crippen LogP contribution in [0.2, 0.25) is 0 Å². The van der Waals surface area contributed by atoms with Gasteiger partial charge < -0.3 is 10.2 Å². The lowest BCUT2D eigenvalue weighted by Crippen LogP contribution is -2.12. The highest BCUT2D eigenvalue weighted by atomic mass is 32.2. The van der Waals surface area contributed by atoms with E-state index in [1.54, 1.807) is 36.0 Å². The highest BCUT2D eigenvalue weighted by Gasteiger charge is 2.32. The number of hydrogen-bond acceptors (Lipinski definition) is 5. The van der Waals surface area contributed by atoms with Crippen LogP contribution in [0, 0.1) is 0 Å². The Bertz CT molecular complexity index is 617. The fraction of sp³-hybridized carbons (Fsp3) is 0.154. The van der Waals surface area contributed by atoms with Crippen LogP contribution >= 0.6 is 11.8 Å². The predicted octanol–water partition coefficient (Wildman–Crippen LogP) is 3.90. The quantitative estimate of drug-likeness (QED) is 0.509. The van der Waals surface area contributed by atoms with E-state index in [0.29, 0.717) is 5.75 Å². The van der Waals surface area contributed by atoms with Gasteiger partial charge in [0.15, 0.2) is 0 Å². The molecule has 112 valence electrons. The highest BCUT2D eigenvalue weighted by Crippen LogP contribution is 2.33. The summed E-state index contributed by atoms with van der Waals surface area (Å²) in [6.07, 6.45) is -2.58. The molecular weight excluding hydrogens is 303 g/mol. The van der Waals surface area contributed by atoms with E-state index in [9.17, 15) is 13.2 Å². The molecule has 0 spiro atoms. The molecule has 2 rings (SSSR count). The average molecular weight is 315 g/mol. The standard InChI is InChI=1S/C13H12F3N3OS/c1-21-10-4-2-9(3-5-10)20-12-7-8(13(14,15)16)6-11(18-12)19-17/h2-7H,17H2,1H3,(H,18,19). The van der Waals surface area contributed by atoms with Crippen LogP contribution in [0.25, 0.3) is 0 Å². The molecule has 0 radical (unpaired) electrons. The number of nitrogen functional groups attached to an aromatic ring is 1. The Morgan fingerprint density at radius 2 is 1.86 bits per heavy atom. The second-order valence-electron chi connectivity index (χ2n) is 4.00. The summed E-state index contributed by atoms with van der Waals surface area (Å²) >= 11 is 1.55. The number of hydrogen-bond donors (Lipinski definition) is 2. The fourth-order valence-electron chi connectivity index (χ4n) is 1.56. The van der Waals surface area contributed by atoms with Crippen molar-refractivity contribution in [1.82, 2.24) is 4.98 Å². The fourth-order valence-corrected chi connectivity index (χ4v) is 1.97. The maximum Gasteiger partial charge on any atom is 0.416 e. The van der Waals surface area contributed by atoms with Crippen LogP contribution in [0.5, 0.6) is 11.6 Å². The Balaban J connectivity index is 2.29. The van der Waals surface area contributed by atoms with Gasteiger partial charge in [0.25, 0.3) is 0 Å². The molecule has 0 aliphatic carbocycles. The third-order valence-corrected chi connectivity index (χ3v) is 3.30. The second kappa shape index (κ2) is 6.23. The van der Waals surface area contributed by atoms with Gasteiger partial charge >= 0.3 is 6.18 Å². The lowest BCUT2D eigenvalue weighted by atomic mass is 10.2. The first-order chi connectivity index (χ1) is 9.92. The molecule has 0 aliphatic heterocycles. The first-order valence-corrected chi connectivity index (χ1v) is 7.02. The van der Waals surface area contributed by atoms with Crippen molar-refractivity contribution >= 4 is 17.6 Å². The van der Waals surface area contributed by atoms with Crippen molar-refractivity contribution in [2.24, 2.45) is 5.84 Å². The summed E-state index contributed by atoms with van der Waals surface area (Å²) in [5, 5.41) is 0. The number of pyridine rings is 1. The number of rotatable bonds is 4. The van der Waals surface area contributed by atoms with E-state index in [0.717, 1.165) is 17.0 Å². The zero-order valence-electron chi connectivity index (χ0n) is 10.9. The molecule has 0 bridgehead atoms. The Morgan fingerprint density at radius 3 is 2.38 bits per heavy atom. The summed E-state index contributed by atoms with van der Waals surface area (Å²) in [6, 6.07) is 8.55. The van der Waals surface area contributed by atoms with Crippen LogP contribution in [0.3, 0.4) is 0 Å². The van der Waals surface area contributed by atoms with Gasteiger partial charge in [0.1, 0.15) is 11.6 Å². The second-order valence-corrected chi connectivity index (χ2v) is 4.88. The molecule has 1 aromatic carbocycles. The van der Waals surface area contributed by atoms with Crippen molar-refractivity contribution in [3.8, 4) is 11.6 Å². The minimum absolute atomic E-state index is 0.124. The maximum absolute atomic E-state index is 12.8. The van der Waals surface area contributed by atoms with Crippen molar-refractivity contribution < 1.29 is 17.9 Å². The zero-order chi connectivity index (χ0) is 15.5. The molecule has 0 saturated heterocycles. The third kappa shape index (κ3) is 4.02. The topological polar surface area (TPSA) is 60.2 Å². The predicted molar refractivity (Wildman–Crippen MR) is 75.3 cm³/mol. The number of nitrogens with two attached hydrogens (primary N) is 1. The van der Waals surface area contributed by atoms with E-state index in [4.69, 9.17) is 10.6 Å². The number of nitrogens with zero attached hydrogens (tertiary/aromatic N) is 1. The van der Waals surface area contributed by atoms with Gasteiger partial charge in [-0.15, -0.1) is 11.8 Å². The average Bonchev–Trinajstić information content (AvgIpc) is 2.46. The maximum atomic E-state index is 12.8. The summed E-state index contributed by atoms with van der Waals surface area (Å²) in [5.41, 5.74) is 1.20. The van der Waals surface area contributed by atoms with Gasteiger partial charge in [-0.1, -0.05) is 0 Å². The molecule has 0 unspecified atom stereocenters. The van der Waals surface area contributed by atoms with Gasteiger partial charge in [0, 0.05) is 11.0 Å². The van der Waals surface area contributed by atoms with Gasteiger partial charge in [-0.3, -0.25) is 0 Å². The largest absolute Gasteiger partial charge is 0.439 e. The van der Waals surface area contributed by atoms with Crippen molar-refractivity contribution in [3.05, 3.63) is 42.0 Å². The molecule has 8 heteroatoms. The molecule has 2 aromatic rings. The van der Waals surface area contributed by atoms with Crippen molar-refractivity contribution in [2.75, 3.05) is 11.7 Å². The summed E-state index contributed by atoms with van der Waals surface area (Å²) in [7, 11) is 0. The van der Waals surface area contributed by atoms with E-state index in [2.05, 4.69) is 10.4 Å². The van der Waals surface area contributed by atoms with E-state index in [1.165, 1.54) is 0 Å². The van der Waals surface area contributed by atoms with Crippen LogP contribution in [0.1, 0.15) is 5.56 Å². The van der Waals surface area contributed by atoms with Crippen molar-refractivity contribution in [1.29, 1.82) is 0 Å². The lowest BCUT2D eigenvalue weighted by molar-refractivity contribution is -0.137. The summed E-state index contributed by atoms with van der Waals surface area (Å²) in [5.74, 6) is 5.21. The molecule has 0 fully saturated rings. The van der Waals surface area contributed by atoms with E-state index in [1.807, 2.05) is 6.26 Å². The van der Waals surface area contributed by atoms with Crippen LogP contribution < -0.4 is 16.0 Å². The van der Waals surface area contributed by atoms with E-state index >= 15 is 0 Å². The normalized spacial score (nSPS) is 11.3. The number of anilines is 1. The molecule has 1 heterocycles. The van der Waals surface area contributed by atoms with Crippen LogP contribution in [0.15, 0.2) is 41.3 Å². The smallest absolute Gasteiger partial charge is 0.416 e. The summed E-state index contributed by atoms with van der Waals surface area (Å²) in [6.45, 7) is 0. The van der Waals surface area contributed by atoms with E-state index in [-0.39, 0.29) is 11.7 Å². The molecule has 0 saturated carbocycles. The first-order valence-electron chi connectivity index (χ1n) is 5.80. The number of halogens is 3. The Morgan fingerprint density at radius 1 is 1.19 bits per heavy atom. The Kier molecular flexibility index (Phi) is 4.59. The van der Waals surface area contributed by atoms with Crippen LogP contribution in [-0.4, -0.2) is 11.2 Å². The number of ether oxygens (including phenoxy) is 1. The van der Waals surface area contributed by atoms with Gasteiger partial charge in [0.05, 0.1) is 5.56 Å². The number of alkyl halides is 3. The molecular formula is C13H12F3N3OS. The van der Waals surface area contributed by atoms with Gasteiger partial charge in [-0.05, 0) is 36.6 Å². The molecule has 0 aliphatic rings. The molecule has 0 atom stereocenters. The lowest BCUT2D eigenvalue weighted by Gasteiger charge is -2.12. The highest BCUT2D eigenvalue weighted by molar-refractivity contribution is 7.98. The summed E-state index contributed by atoms with van der Waals surface area (Å²) in [4.78, 5) is 4.86. The molecule has 1 aromatic heterocycles. The number of aromatic nitrogens is 1. The monoisotopic (exact) mass is 315 g/mol. The van der Waals surface area contributed by atoms with Crippen molar-refractivity contribution in [2.45, 2.75) is 11.1 Å². The van der Waals surface area contributed by atoms with Gasteiger partial charge in [-0.2, -0.15) is 18.2 Å². The minimum Gasteiger partial charge on any atom is -0.439 e. The number of benzene rings is 1. The number of thioether (sulfide) groups is 1. The number of nitrogens with one attached hydrogen (secondary N) is 1. The third-order valence-electron chi connectivity index (χ3n) is 2.56. The Labute approximate surface area is 123 Å². The SMILES string of the molecule is CSc1ccc(Oc2cc(C(F)(F)F)cc(NN)n2)cc1. The number of hydrazine groups is 1. The van der Waals surface area contributed by atoms with Crippen LogP contribution in [-0.2, 0) is 6.18 Å². The molecule has 0 amide bonds. The summed E-state index contributed by atoms with van der Waals surface area (Å²) < 4.78 is 43.6. The van der Waals surface area contributed by atoms with Gasteiger partial charge in [-0.25, -0.2) is 5.84 Å². The van der Waals surface area contributed by atoms with Crippen molar-refractivity contribution in [3.63, 3.8) is 0 Å². The molecule has 3 N–H and O–H groups in total. The molecule has 4 nitrogen and oxygen atoms in total. The zero-order valence-corrected chi connectivity index (χ0v) is 11.8. The minimum atomic E-state index is -4.50. The van der Waals surface area contributed by atoms with Gasteiger partial charge in [0.2, 0.25) is 5.88 Å². The Hall–Kier alpha value is -1.93. The van der Waals surface area contributed by atoms with Crippen LogP contribution in [0.4, 0.5) is 19.0 Å².